The second-order valence-corrected chi connectivity index (χ2v) is 2.53. The third-order valence-electron chi connectivity index (χ3n) is 1.68. The predicted octanol–water partition coefficient (Wildman–Crippen LogP) is 0.709. The number of hydrogen-bond donors (Lipinski definition) is 1. The van der Waals surface area contributed by atoms with Crippen LogP contribution in [-0.4, -0.2) is 25.5 Å². The number of aliphatic imine (C=N–C) groups is 1. The Morgan fingerprint density at radius 1 is 1.36 bits per heavy atom. The van der Waals surface area contributed by atoms with Crippen LogP contribution in [0.25, 0.3) is 0 Å². The first-order valence-electron chi connectivity index (χ1n) is 3.91. The van der Waals surface area contributed by atoms with Crippen molar-refractivity contribution >= 4 is 6.21 Å². The molecule has 3 heteroatoms. The van der Waals surface area contributed by atoms with Gasteiger partial charge in [0.05, 0.1) is 6.04 Å². The highest BCUT2D eigenvalue weighted by Crippen LogP contribution is 2.09. The highest BCUT2D eigenvalue weighted by molar-refractivity contribution is 5.70. The van der Waals surface area contributed by atoms with Gasteiger partial charge in [0.15, 0.2) is 0 Å². The molecule has 0 amide bonds. The van der Waals surface area contributed by atoms with Crippen molar-refractivity contribution in [2.45, 2.75) is 18.9 Å². The lowest BCUT2D eigenvalue weighted by Gasteiger charge is -2.17. The van der Waals surface area contributed by atoms with Gasteiger partial charge in [-0.3, -0.25) is 4.99 Å². The number of hydrogen-bond acceptors (Lipinski definition) is 3. The van der Waals surface area contributed by atoms with Crippen molar-refractivity contribution < 1.29 is 4.74 Å². The molecule has 1 saturated heterocycles. The lowest BCUT2D eigenvalue weighted by atomic mass is 10.1. The zero-order valence-electron chi connectivity index (χ0n) is 6.57. The zero-order valence-corrected chi connectivity index (χ0v) is 6.57. The molecular formula is C8H14N2O. The Kier molecular flexibility index (Phi) is 3.69. The second-order valence-electron chi connectivity index (χ2n) is 2.53. The SMILES string of the molecule is N/C=C\C=NC1CCOCC1. The van der Waals surface area contributed by atoms with Gasteiger partial charge in [0.1, 0.15) is 0 Å². The first-order chi connectivity index (χ1) is 5.43. The molecule has 1 rings (SSSR count). The summed E-state index contributed by atoms with van der Waals surface area (Å²) in [6.45, 7) is 1.68. The van der Waals surface area contributed by atoms with Gasteiger partial charge in [0.25, 0.3) is 0 Å². The average molecular weight is 154 g/mol. The Balaban J connectivity index is 2.23. The van der Waals surface area contributed by atoms with Crippen LogP contribution in [0.15, 0.2) is 17.3 Å². The maximum atomic E-state index is 5.19. The maximum absolute atomic E-state index is 5.19. The fraction of sp³-hybridized carbons (Fsp3) is 0.625. The van der Waals surface area contributed by atoms with Gasteiger partial charge in [-0.2, -0.15) is 0 Å². The lowest BCUT2D eigenvalue weighted by molar-refractivity contribution is 0.0872. The van der Waals surface area contributed by atoms with Gasteiger partial charge < -0.3 is 10.5 Å². The zero-order chi connectivity index (χ0) is 7.94. The van der Waals surface area contributed by atoms with E-state index in [4.69, 9.17) is 10.5 Å². The van der Waals surface area contributed by atoms with Crippen LogP contribution >= 0.6 is 0 Å². The predicted molar refractivity (Wildman–Crippen MR) is 45.7 cm³/mol. The summed E-state index contributed by atoms with van der Waals surface area (Å²) in [6, 6.07) is 0.444. The van der Waals surface area contributed by atoms with Gasteiger partial charge >= 0.3 is 0 Å². The van der Waals surface area contributed by atoms with Crippen molar-refractivity contribution in [1.82, 2.24) is 0 Å². The van der Waals surface area contributed by atoms with Crippen molar-refractivity contribution in [3.05, 3.63) is 12.3 Å². The van der Waals surface area contributed by atoms with Crippen LogP contribution in [0.2, 0.25) is 0 Å². The van der Waals surface area contributed by atoms with Crippen LogP contribution in [-0.2, 0) is 4.74 Å². The standard InChI is InChI=1S/C8H14N2O/c9-4-1-5-10-8-2-6-11-7-3-8/h1,4-5,8H,2-3,6-7,9H2/b4-1-,10-5?. The summed E-state index contributed by atoms with van der Waals surface area (Å²) in [6.07, 6.45) is 7.07. The molecule has 1 fully saturated rings. The average Bonchev–Trinajstić information content (AvgIpc) is 2.07. The van der Waals surface area contributed by atoms with E-state index in [9.17, 15) is 0 Å². The number of nitrogens with two attached hydrogens (primary N) is 1. The van der Waals surface area contributed by atoms with E-state index in [1.165, 1.54) is 6.20 Å². The molecule has 1 heterocycles. The van der Waals surface area contributed by atoms with E-state index in [-0.39, 0.29) is 0 Å². The minimum absolute atomic E-state index is 0.444. The third-order valence-corrected chi connectivity index (χ3v) is 1.68. The van der Waals surface area contributed by atoms with E-state index in [2.05, 4.69) is 4.99 Å². The Morgan fingerprint density at radius 2 is 2.09 bits per heavy atom. The first kappa shape index (κ1) is 8.27. The summed E-state index contributed by atoms with van der Waals surface area (Å²) in [4.78, 5) is 4.30. The molecule has 0 atom stereocenters. The van der Waals surface area contributed by atoms with E-state index < -0.39 is 0 Å². The fourth-order valence-corrected chi connectivity index (χ4v) is 1.06. The molecule has 0 aromatic rings. The van der Waals surface area contributed by atoms with Gasteiger partial charge in [-0.25, -0.2) is 0 Å². The summed E-state index contributed by atoms with van der Waals surface area (Å²) >= 11 is 0. The van der Waals surface area contributed by atoms with Crippen molar-refractivity contribution in [2.24, 2.45) is 10.7 Å². The molecule has 62 valence electrons. The van der Waals surface area contributed by atoms with Gasteiger partial charge in [0.2, 0.25) is 0 Å². The van der Waals surface area contributed by atoms with Crippen LogP contribution in [0.4, 0.5) is 0 Å². The van der Waals surface area contributed by atoms with Gasteiger partial charge in [-0.05, 0) is 25.1 Å². The number of ether oxygens (including phenoxy) is 1. The molecule has 0 aliphatic carbocycles. The minimum Gasteiger partial charge on any atom is -0.405 e. The molecule has 1 aliphatic rings. The van der Waals surface area contributed by atoms with Gasteiger partial charge in [-0.1, -0.05) is 0 Å². The quantitative estimate of drug-likeness (QED) is 0.595. The Hall–Kier alpha value is -0.830. The summed E-state index contributed by atoms with van der Waals surface area (Å²) < 4.78 is 5.19. The smallest absolute Gasteiger partial charge is 0.0543 e. The van der Waals surface area contributed by atoms with Crippen molar-refractivity contribution in [3.8, 4) is 0 Å². The van der Waals surface area contributed by atoms with Crippen molar-refractivity contribution in [3.63, 3.8) is 0 Å². The molecular weight excluding hydrogens is 140 g/mol. The molecule has 0 spiro atoms. The van der Waals surface area contributed by atoms with Crippen molar-refractivity contribution in [2.75, 3.05) is 13.2 Å². The van der Waals surface area contributed by atoms with Crippen LogP contribution in [0, 0.1) is 0 Å². The Morgan fingerprint density at radius 3 is 2.73 bits per heavy atom. The summed E-state index contributed by atoms with van der Waals surface area (Å²) in [5.74, 6) is 0. The summed E-state index contributed by atoms with van der Waals surface area (Å²) in [5, 5.41) is 0. The minimum atomic E-state index is 0.444. The lowest BCUT2D eigenvalue weighted by Crippen LogP contribution is -2.18. The van der Waals surface area contributed by atoms with Gasteiger partial charge in [0, 0.05) is 19.4 Å². The molecule has 0 bridgehead atoms. The summed E-state index contributed by atoms with van der Waals surface area (Å²) in [5.41, 5.74) is 5.15. The topological polar surface area (TPSA) is 47.6 Å². The Bertz CT molecular complexity index is 148. The summed E-state index contributed by atoms with van der Waals surface area (Å²) in [7, 11) is 0. The second kappa shape index (κ2) is 4.91. The molecule has 11 heavy (non-hydrogen) atoms. The van der Waals surface area contributed by atoms with Crippen LogP contribution < -0.4 is 5.73 Å². The van der Waals surface area contributed by atoms with E-state index in [1.807, 2.05) is 0 Å². The molecule has 2 N–H and O–H groups in total. The normalized spacial score (nSPS) is 21.8. The first-order valence-corrected chi connectivity index (χ1v) is 3.91. The van der Waals surface area contributed by atoms with Crippen LogP contribution in [0.3, 0.4) is 0 Å². The largest absolute Gasteiger partial charge is 0.405 e. The van der Waals surface area contributed by atoms with E-state index in [0.717, 1.165) is 26.1 Å². The van der Waals surface area contributed by atoms with Crippen LogP contribution in [0.5, 0.6) is 0 Å². The third kappa shape index (κ3) is 3.18. The number of nitrogens with zero attached hydrogens (tertiary/aromatic N) is 1. The molecule has 1 aliphatic heterocycles. The Labute approximate surface area is 66.9 Å². The van der Waals surface area contributed by atoms with E-state index in [0.29, 0.717) is 6.04 Å². The molecule has 0 aromatic carbocycles. The molecule has 0 radical (unpaired) electrons. The molecule has 3 nitrogen and oxygen atoms in total. The number of allylic oxidation sites excluding steroid dienone is 1. The van der Waals surface area contributed by atoms with Gasteiger partial charge in [-0.15, -0.1) is 0 Å². The molecule has 0 unspecified atom stereocenters. The molecule has 0 saturated carbocycles. The van der Waals surface area contributed by atoms with E-state index >= 15 is 0 Å². The molecule has 0 aromatic heterocycles. The number of rotatable bonds is 2. The fourth-order valence-electron chi connectivity index (χ4n) is 1.06. The highest BCUT2D eigenvalue weighted by atomic mass is 16.5. The monoisotopic (exact) mass is 154 g/mol. The highest BCUT2D eigenvalue weighted by Gasteiger charge is 2.10. The maximum Gasteiger partial charge on any atom is 0.0543 e. The van der Waals surface area contributed by atoms with Crippen LogP contribution in [0.1, 0.15) is 12.8 Å². The van der Waals surface area contributed by atoms with E-state index in [1.54, 1.807) is 12.3 Å². The van der Waals surface area contributed by atoms with Crippen molar-refractivity contribution in [1.29, 1.82) is 0 Å².